The Labute approximate surface area is 200 Å². The Kier molecular flexibility index (Phi) is 5.89. The lowest BCUT2D eigenvalue weighted by Crippen LogP contribution is -2.25. The lowest BCUT2D eigenvalue weighted by molar-refractivity contribution is 0.0980. The van der Waals surface area contributed by atoms with Gasteiger partial charge in [0, 0.05) is 16.8 Å². The minimum absolute atomic E-state index is 0.0258. The molecule has 0 radical (unpaired) electrons. The summed E-state index contributed by atoms with van der Waals surface area (Å²) in [4.78, 5) is 25.5. The van der Waals surface area contributed by atoms with Gasteiger partial charge in [-0.3, -0.25) is 14.1 Å². The van der Waals surface area contributed by atoms with Crippen molar-refractivity contribution in [2.75, 3.05) is 29.1 Å². The highest BCUT2D eigenvalue weighted by molar-refractivity contribution is 7.91. The van der Waals surface area contributed by atoms with E-state index in [9.17, 15) is 31.0 Å². The van der Waals surface area contributed by atoms with Gasteiger partial charge in [0.15, 0.2) is 21.4 Å². The summed E-state index contributed by atoms with van der Waals surface area (Å²) in [5.41, 5.74) is 10.6. The van der Waals surface area contributed by atoms with Gasteiger partial charge in [0.2, 0.25) is 0 Å². The van der Waals surface area contributed by atoms with E-state index in [0.717, 1.165) is 6.07 Å². The number of aliphatic hydroxyl groups is 1. The molecule has 1 aliphatic carbocycles. The highest BCUT2D eigenvalue weighted by atomic mass is 32.2. The van der Waals surface area contributed by atoms with E-state index in [4.69, 9.17) is 16.6 Å². The fraction of sp³-hybridized carbons (Fsp3) is 0.0909. The van der Waals surface area contributed by atoms with E-state index in [1.54, 1.807) is 6.07 Å². The van der Waals surface area contributed by atoms with Gasteiger partial charge in [0.1, 0.15) is 4.90 Å². The summed E-state index contributed by atoms with van der Waals surface area (Å²) in [7, 11) is -8.75. The quantitative estimate of drug-likeness (QED) is 0.182. The molecule has 0 fully saturated rings. The zero-order valence-electron chi connectivity index (χ0n) is 17.8. The van der Waals surface area contributed by atoms with Crippen LogP contribution in [0.1, 0.15) is 31.8 Å². The number of ketones is 2. The second-order valence-corrected chi connectivity index (χ2v) is 11.2. The Morgan fingerprint density at radius 2 is 1.43 bits per heavy atom. The van der Waals surface area contributed by atoms with Crippen LogP contribution in [0, 0.1) is 0 Å². The molecule has 0 saturated heterocycles. The molecule has 0 heterocycles. The number of nitrogens with two attached hydrogens (primary N) is 2. The van der Waals surface area contributed by atoms with Crippen molar-refractivity contribution < 1.29 is 36.1 Å². The number of fused-ring (bicyclic) bond motifs is 2. The summed E-state index contributed by atoms with van der Waals surface area (Å²) in [6.45, 7) is -0.602. The molecule has 0 bridgehead atoms. The smallest absolute Gasteiger partial charge is 0.296 e. The predicted molar refractivity (Wildman–Crippen MR) is 127 cm³/mol. The standard InChI is InChI=1S/C22H19N3O8S2/c23-14-9-11(5-6-16(14)34(29,30)8-7-26)25-15-10-17(35(31,32)33)20(24)19-18(15)21(27)12-3-1-2-4-13(12)22(19)28/h1-6,9-10,25-26H,7-8,23-24H2,(H,31,32,33). The number of rotatable bonds is 6. The van der Waals surface area contributed by atoms with Crippen molar-refractivity contribution in [1.29, 1.82) is 0 Å². The number of sulfone groups is 1. The van der Waals surface area contributed by atoms with Gasteiger partial charge in [-0.05, 0) is 24.3 Å². The zero-order chi connectivity index (χ0) is 25.7. The molecule has 13 heteroatoms. The van der Waals surface area contributed by atoms with Crippen molar-refractivity contribution in [3.05, 3.63) is 70.8 Å². The molecule has 182 valence electrons. The third kappa shape index (κ3) is 4.14. The summed E-state index contributed by atoms with van der Waals surface area (Å²) in [5, 5.41) is 11.8. The molecule has 35 heavy (non-hydrogen) atoms. The number of hydrogen-bond acceptors (Lipinski definition) is 10. The number of nitrogen functional groups attached to an aromatic ring is 2. The molecule has 0 aromatic heterocycles. The number of carbonyl (C=O) groups is 2. The minimum Gasteiger partial charge on any atom is -0.398 e. The number of benzene rings is 3. The predicted octanol–water partition coefficient (Wildman–Crippen LogP) is 1.38. The molecule has 11 nitrogen and oxygen atoms in total. The Hall–Kier alpha value is -3.78. The van der Waals surface area contributed by atoms with Crippen molar-refractivity contribution in [1.82, 2.24) is 0 Å². The Morgan fingerprint density at radius 3 is 1.97 bits per heavy atom. The molecule has 7 N–H and O–H groups in total. The van der Waals surface area contributed by atoms with Crippen LogP contribution in [-0.2, 0) is 20.0 Å². The lowest BCUT2D eigenvalue weighted by atomic mass is 9.82. The number of anilines is 4. The maximum Gasteiger partial charge on any atom is 0.296 e. The fourth-order valence-electron chi connectivity index (χ4n) is 3.90. The van der Waals surface area contributed by atoms with E-state index in [1.807, 2.05) is 0 Å². The summed E-state index contributed by atoms with van der Waals surface area (Å²) in [6.07, 6.45) is 0. The van der Waals surface area contributed by atoms with Crippen LogP contribution in [0.5, 0.6) is 0 Å². The van der Waals surface area contributed by atoms with Crippen molar-refractivity contribution >= 4 is 54.3 Å². The Bertz CT molecular complexity index is 1630. The number of hydrogen-bond donors (Lipinski definition) is 5. The first kappa shape index (κ1) is 24.3. The molecule has 0 atom stereocenters. The first-order valence-corrected chi connectivity index (χ1v) is 13.1. The first-order valence-electron chi connectivity index (χ1n) is 9.99. The van der Waals surface area contributed by atoms with E-state index in [-0.39, 0.29) is 44.2 Å². The van der Waals surface area contributed by atoms with Crippen LogP contribution >= 0.6 is 0 Å². The molecule has 3 aromatic rings. The number of carbonyl (C=O) groups excluding carboxylic acids is 2. The maximum atomic E-state index is 13.3. The largest absolute Gasteiger partial charge is 0.398 e. The normalized spacial score (nSPS) is 13.3. The zero-order valence-corrected chi connectivity index (χ0v) is 19.5. The highest BCUT2D eigenvalue weighted by Crippen LogP contribution is 2.40. The maximum absolute atomic E-state index is 13.3. The molecular weight excluding hydrogens is 498 g/mol. The van der Waals surface area contributed by atoms with Gasteiger partial charge < -0.3 is 21.9 Å². The summed E-state index contributed by atoms with van der Waals surface area (Å²) >= 11 is 0. The Morgan fingerprint density at radius 1 is 0.829 bits per heavy atom. The van der Waals surface area contributed by atoms with Crippen molar-refractivity contribution in [3.63, 3.8) is 0 Å². The third-order valence-corrected chi connectivity index (χ3v) is 8.12. The fourth-order valence-corrected chi connectivity index (χ4v) is 5.70. The van der Waals surface area contributed by atoms with Gasteiger partial charge in [-0.15, -0.1) is 0 Å². The average Bonchev–Trinajstić information content (AvgIpc) is 2.77. The van der Waals surface area contributed by atoms with E-state index < -0.39 is 54.5 Å². The molecule has 0 aliphatic heterocycles. The summed E-state index contributed by atoms with van der Waals surface area (Å²) in [6, 6.07) is 10.6. The van der Waals surface area contributed by atoms with Crippen LogP contribution in [0.2, 0.25) is 0 Å². The van der Waals surface area contributed by atoms with Gasteiger partial charge in [0.05, 0.1) is 45.4 Å². The van der Waals surface area contributed by atoms with E-state index in [0.29, 0.717) is 0 Å². The highest BCUT2D eigenvalue weighted by Gasteiger charge is 2.36. The third-order valence-electron chi connectivity index (χ3n) is 5.46. The number of aliphatic hydroxyl groups excluding tert-OH is 1. The van der Waals surface area contributed by atoms with Crippen LogP contribution < -0.4 is 16.8 Å². The van der Waals surface area contributed by atoms with Gasteiger partial charge in [0.25, 0.3) is 10.1 Å². The molecule has 0 saturated carbocycles. The molecular formula is C22H19N3O8S2. The first-order chi connectivity index (χ1) is 16.4. The van der Waals surface area contributed by atoms with Crippen LogP contribution in [0.3, 0.4) is 0 Å². The van der Waals surface area contributed by atoms with E-state index >= 15 is 0 Å². The van der Waals surface area contributed by atoms with Crippen LogP contribution in [0.4, 0.5) is 22.7 Å². The second-order valence-electron chi connectivity index (χ2n) is 7.68. The van der Waals surface area contributed by atoms with Crippen LogP contribution in [0.25, 0.3) is 0 Å². The van der Waals surface area contributed by atoms with Gasteiger partial charge >= 0.3 is 0 Å². The molecule has 4 rings (SSSR count). The summed E-state index contributed by atoms with van der Waals surface area (Å²) < 4.78 is 58.2. The minimum atomic E-state index is -4.90. The van der Waals surface area contributed by atoms with Crippen molar-refractivity contribution in [3.8, 4) is 0 Å². The van der Waals surface area contributed by atoms with E-state index in [2.05, 4.69) is 5.32 Å². The molecule has 0 unspecified atom stereocenters. The second kappa shape index (κ2) is 8.46. The topological polar surface area (TPSA) is 207 Å². The van der Waals surface area contributed by atoms with Gasteiger partial charge in [-0.2, -0.15) is 8.42 Å². The Balaban J connectivity index is 1.92. The average molecular weight is 518 g/mol. The van der Waals surface area contributed by atoms with E-state index in [1.165, 1.54) is 36.4 Å². The van der Waals surface area contributed by atoms with Gasteiger partial charge in [-0.1, -0.05) is 24.3 Å². The molecule has 1 aliphatic rings. The molecule has 3 aromatic carbocycles. The van der Waals surface area contributed by atoms with Crippen LogP contribution in [0.15, 0.2) is 58.3 Å². The SMILES string of the molecule is Nc1cc(Nc2cc(S(=O)(=O)O)c(N)c3c2C(=O)c2ccccc2C3=O)ccc1S(=O)(=O)CCO. The van der Waals surface area contributed by atoms with Gasteiger partial charge in [-0.25, -0.2) is 8.42 Å². The molecule has 0 amide bonds. The lowest BCUT2D eigenvalue weighted by Gasteiger charge is -2.23. The van der Waals surface area contributed by atoms with Crippen molar-refractivity contribution in [2.24, 2.45) is 0 Å². The summed E-state index contributed by atoms with van der Waals surface area (Å²) in [5.74, 6) is -1.85. The van der Waals surface area contributed by atoms with Crippen LogP contribution in [-0.4, -0.2) is 50.4 Å². The van der Waals surface area contributed by atoms with Crippen molar-refractivity contribution in [2.45, 2.75) is 9.79 Å². The monoisotopic (exact) mass is 517 g/mol. The molecule has 0 spiro atoms. The number of nitrogens with one attached hydrogen (secondary N) is 1.